The Morgan fingerprint density at radius 2 is 1.73 bits per heavy atom. The van der Waals surface area contributed by atoms with E-state index in [9.17, 15) is 8.39 Å². The standard InChI is InChI=1S/C6H13F2O2P/c1-9-5-3-2-4-6-10-11(7)8/h2-6H2,1H3. The first-order chi connectivity index (χ1) is 5.27. The molecule has 0 amide bonds. The topological polar surface area (TPSA) is 18.5 Å². The van der Waals surface area contributed by atoms with Gasteiger partial charge < -0.3 is 9.26 Å². The van der Waals surface area contributed by atoms with Crippen LogP contribution in [-0.4, -0.2) is 20.3 Å². The maximum Gasteiger partial charge on any atom is 0.415 e. The second-order valence-electron chi connectivity index (χ2n) is 2.09. The van der Waals surface area contributed by atoms with Crippen molar-refractivity contribution < 1.29 is 17.7 Å². The van der Waals surface area contributed by atoms with Crippen molar-refractivity contribution in [3.05, 3.63) is 0 Å². The first kappa shape index (κ1) is 11.2. The molecule has 0 radical (unpaired) electrons. The molecule has 0 aromatic heterocycles. The minimum absolute atomic E-state index is 0.169. The Morgan fingerprint density at radius 3 is 2.27 bits per heavy atom. The van der Waals surface area contributed by atoms with Crippen LogP contribution in [0.1, 0.15) is 19.3 Å². The van der Waals surface area contributed by atoms with Crippen molar-refractivity contribution in [1.29, 1.82) is 0 Å². The molecule has 0 saturated heterocycles. The number of ether oxygens (including phenoxy) is 1. The van der Waals surface area contributed by atoms with Crippen molar-refractivity contribution >= 4 is 8.77 Å². The Balaban J connectivity index is 2.80. The van der Waals surface area contributed by atoms with Gasteiger partial charge in [-0.3, -0.25) is 0 Å². The lowest BCUT2D eigenvalue weighted by atomic mass is 10.2. The van der Waals surface area contributed by atoms with Crippen LogP contribution in [0, 0.1) is 0 Å². The summed E-state index contributed by atoms with van der Waals surface area (Å²) < 4.78 is 31.8. The maximum absolute atomic E-state index is 11.4. The molecule has 0 bridgehead atoms. The lowest BCUT2D eigenvalue weighted by molar-refractivity contribution is 0.189. The van der Waals surface area contributed by atoms with Crippen molar-refractivity contribution in [3.8, 4) is 0 Å². The van der Waals surface area contributed by atoms with Crippen LogP contribution >= 0.6 is 8.77 Å². The second-order valence-corrected chi connectivity index (χ2v) is 2.75. The van der Waals surface area contributed by atoms with E-state index in [-0.39, 0.29) is 6.61 Å². The SMILES string of the molecule is COCCCCCOP(F)F. The van der Waals surface area contributed by atoms with E-state index in [0.717, 1.165) is 12.8 Å². The number of hydrogen-bond donors (Lipinski definition) is 0. The van der Waals surface area contributed by atoms with Gasteiger partial charge in [0, 0.05) is 13.7 Å². The van der Waals surface area contributed by atoms with E-state index in [1.807, 2.05) is 0 Å². The predicted octanol–water partition coefficient (Wildman–Crippen LogP) is 2.99. The van der Waals surface area contributed by atoms with Gasteiger partial charge in [-0.15, -0.1) is 0 Å². The number of methoxy groups -OCH3 is 1. The Labute approximate surface area is 67.0 Å². The quantitative estimate of drug-likeness (QED) is 0.449. The molecule has 0 unspecified atom stereocenters. The molecule has 0 aliphatic carbocycles. The summed E-state index contributed by atoms with van der Waals surface area (Å²) in [6, 6.07) is 0. The summed E-state index contributed by atoms with van der Waals surface area (Å²) in [7, 11) is -1.53. The van der Waals surface area contributed by atoms with E-state index in [1.165, 1.54) is 0 Å². The molecule has 0 N–H and O–H groups in total. The smallest absolute Gasteiger partial charge is 0.385 e. The number of rotatable bonds is 7. The highest BCUT2D eigenvalue weighted by Gasteiger charge is 2.02. The summed E-state index contributed by atoms with van der Waals surface area (Å²) >= 11 is 0. The molecule has 0 fully saturated rings. The van der Waals surface area contributed by atoms with Crippen molar-refractivity contribution in [2.45, 2.75) is 19.3 Å². The largest absolute Gasteiger partial charge is 0.415 e. The summed E-state index contributed by atoms with van der Waals surface area (Å²) in [4.78, 5) is 0. The summed E-state index contributed by atoms with van der Waals surface area (Å²) in [5.74, 6) is 0. The van der Waals surface area contributed by atoms with Crippen LogP contribution in [0.2, 0.25) is 0 Å². The highest BCUT2D eigenvalue weighted by atomic mass is 31.2. The van der Waals surface area contributed by atoms with E-state index in [4.69, 9.17) is 4.74 Å². The average molecular weight is 186 g/mol. The number of hydrogen-bond acceptors (Lipinski definition) is 2. The van der Waals surface area contributed by atoms with Crippen LogP contribution in [0.4, 0.5) is 8.39 Å². The summed E-state index contributed by atoms with van der Waals surface area (Å²) in [5, 5.41) is 0. The predicted molar refractivity (Wildman–Crippen MR) is 40.8 cm³/mol. The van der Waals surface area contributed by atoms with Gasteiger partial charge in [0.2, 0.25) is 0 Å². The summed E-state index contributed by atoms with van der Waals surface area (Å²) in [5.41, 5.74) is 0. The molecule has 0 heterocycles. The minimum Gasteiger partial charge on any atom is -0.385 e. The third-order valence-corrected chi connectivity index (χ3v) is 1.56. The van der Waals surface area contributed by atoms with Crippen molar-refractivity contribution in [1.82, 2.24) is 0 Å². The van der Waals surface area contributed by atoms with Crippen LogP contribution < -0.4 is 0 Å². The Bertz CT molecular complexity index is 83.0. The molecule has 0 spiro atoms. The molecule has 5 heteroatoms. The fourth-order valence-corrected chi connectivity index (χ4v) is 0.926. The molecule has 0 aliphatic rings. The molecule has 0 rings (SSSR count). The first-order valence-electron chi connectivity index (χ1n) is 3.51. The van der Waals surface area contributed by atoms with Gasteiger partial charge in [-0.05, 0) is 19.3 Å². The summed E-state index contributed by atoms with van der Waals surface area (Å²) in [6.07, 6.45) is 2.49. The molecule has 2 nitrogen and oxygen atoms in total. The fourth-order valence-electron chi connectivity index (χ4n) is 0.659. The van der Waals surface area contributed by atoms with Gasteiger partial charge in [0.25, 0.3) is 0 Å². The zero-order valence-corrected chi connectivity index (χ0v) is 7.45. The van der Waals surface area contributed by atoms with Crippen LogP contribution in [0.5, 0.6) is 0 Å². The van der Waals surface area contributed by atoms with E-state index < -0.39 is 8.77 Å². The maximum atomic E-state index is 11.4. The van der Waals surface area contributed by atoms with E-state index in [2.05, 4.69) is 4.52 Å². The van der Waals surface area contributed by atoms with Gasteiger partial charge in [-0.25, -0.2) is 0 Å². The number of unbranched alkanes of at least 4 members (excludes halogenated alkanes) is 2. The highest BCUT2D eigenvalue weighted by molar-refractivity contribution is 7.40. The third-order valence-electron chi connectivity index (χ3n) is 1.18. The molecule has 0 atom stereocenters. The molecule has 0 aliphatic heterocycles. The van der Waals surface area contributed by atoms with Gasteiger partial charge >= 0.3 is 8.77 Å². The second kappa shape index (κ2) is 8.31. The molecule has 0 aromatic rings. The van der Waals surface area contributed by atoms with Gasteiger partial charge in [0.1, 0.15) is 0 Å². The normalized spacial score (nSPS) is 10.9. The van der Waals surface area contributed by atoms with Gasteiger partial charge in [-0.2, -0.15) is 8.39 Å². The van der Waals surface area contributed by atoms with Crippen LogP contribution in [0.25, 0.3) is 0 Å². The fraction of sp³-hybridized carbons (Fsp3) is 1.00. The average Bonchev–Trinajstić information content (AvgIpc) is 1.96. The first-order valence-corrected chi connectivity index (χ1v) is 4.55. The highest BCUT2D eigenvalue weighted by Crippen LogP contribution is 2.39. The van der Waals surface area contributed by atoms with E-state index in [0.29, 0.717) is 13.0 Å². The molecular weight excluding hydrogens is 173 g/mol. The van der Waals surface area contributed by atoms with Gasteiger partial charge in [-0.1, -0.05) is 0 Å². The Hall–Kier alpha value is 0.210. The van der Waals surface area contributed by atoms with E-state index >= 15 is 0 Å². The Kier molecular flexibility index (Phi) is 8.47. The van der Waals surface area contributed by atoms with E-state index in [1.54, 1.807) is 7.11 Å². The lowest BCUT2D eigenvalue weighted by Gasteiger charge is -2.00. The number of halogens is 2. The monoisotopic (exact) mass is 186 g/mol. The Morgan fingerprint density at radius 1 is 1.09 bits per heavy atom. The lowest BCUT2D eigenvalue weighted by Crippen LogP contribution is -1.91. The molecule has 0 saturated carbocycles. The zero-order chi connectivity index (χ0) is 8.53. The van der Waals surface area contributed by atoms with Crippen LogP contribution in [-0.2, 0) is 9.26 Å². The molecule has 11 heavy (non-hydrogen) atoms. The summed E-state index contributed by atoms with van der Waals surface area (Å²) in [6.45, 7) is 0.864. The van der Waals surface area contributed by atoms with Crippen LogP contribution in [0.3, 0.4) is 0 Å². The zero-order valence-electron chi connectivity index (χ0n) is 6.56. The van der Waals surface area contributed by atoms with Crippen LogP contribution in [0.15, 0.2) is 0 Å². The van der Waals surface area contributed by atoms with Gasteiger partial charge in [0.05, 0.1) is 6.61 Å². The third kappa shape index (κ3) is 10.2. The molecule has 0 aromatic carbocycles. The molecule has 68 valence electrons. The minimum atomic E-state index is -3.16. The molecular formula is C6H13F2O2P. The van der Waals surface area contributed by atoms with Gasteiger partial charge in [0.15, 0.2) is 0 Å². The van der Waals surface area contributed by atoms with Crippen molar-refractivity contribution in [2.24, 2.45) is 0 Å². The van der Waals surface area contributed by atoms with Crippen molar-refractivity contribution in [3.63, 3.8) is 0 Å². The van der Waals surface area contributed by atoms with Crippen molar-refractivity contribution in [2.75, 3.05) is 20.3 Å².